The monoisotopic (exact) mass is 379 g/mol. The summed E-state index contributed by atoms with van der Waals surface area (Å²) in [6.07, 6.45) is 3.22. The highest BCUT2D eigenvalue weighted by Crippen LogP contribution is 2.23. The van der Waals surface area contributed by atoms with Crippen molar-refractivity contribution in [1.29, 1.82) is 0 Å². The molecule has 0 unspecified atom stereocenters. The Labute approximate surface area is 164 Å². The molecule has 28 heavy (non-hydrogen) atoms. The standard InChI is InChI=1S/C20H25N7O/c1-2-21-13-15-4-3-5-17(12-15)23-20(28)16-8-10-26(11-9-16)19-7-6-18-24-22-14-27(18)25-19/h3-7,12,14,16,21H,2,8-11,13H2,1H3,(H,23,28). The lowest BCUT2D eigenvalue weighted by Crippen LogP contribution is -2.38. The summed E-state index contributed by atoms with van der Waals surface area (Å²) in [5.74, 6) is 1.01. The number of carbonyl (C=O) groups excluding carboxylic acids is 1. The first-order chi connectivity index (χ1) is 13.7. The van der Waals surface area contributed by atoms with Crippen molar-refractivity contribution in [2.24, 2.45) is 5.92 Å². The van der Waals surface area contributed by atoms with Crippen LogP contribution < -0.4 is 15.5 Å². The zero-order valence-corrected chi connectivity index (χ0v) is 16.0. The predicted molar refractivity (Wildman–Crippen MR) is 108 cm³/mol. The van der Waals surface area contributed by atoms with Crippen LogP contribution in [0.15, 0.2) is 42.7 Å². The first kappa shape index (κ1) is 18.4. The van der Waals surface area contributed by atoms with Crippen LogP contribution in [0.4, 0.5) is 11.5 Å². The maximum Gasteiger partial charge on any atom is 0.227 e. The fourth-order valence-corrected chi connectivity index (χ4v) is 3.53. The van der Waals surface area contributed by atoms with Gasteiger partial charge in [0.05, 0.1) is 0 Å². The number of fused-ring (bicyclic) bond motifs is 1. The van der Waals surface area contributed by atoms with Crippen LogP contribution in [0, 0.1) is 5.92 Å². The zero-order valence-electron chi connectivity index (χ0n) is 16.0. The highest BCUT2D eigenvalue weighted by atomic mass is 16.1. The zero-order chi connectivity index (χ0) is 19.3. The molecule has 1 fully saturated rings. The molecule has 2 N–H and O–H groups in total. The number of hydrogen-bond donors (Lipinski definition) is 2. The summed E-state index contributed by atoms with van der Waals surface area (Å²) in [4.78, 5) is 14.9. The Morgan fingerprint density at radius 1 is 1.21 bits per heavy atom. The van der Waals surface area contributed by atoms with Gasteiger partial charge in [-0.3, -0.25) is 4.79 Å². The number of nitrogens with one attached hydrogen (secondary N) is 2. The maximum atomic E-state index is 12.7. The van der Waals surface area contributed by atoms with Gasteiger partial charge in [-0.05, 0) is 49.2 Å². The number of anilines is 2. The van der Waals surface area contributed by atoms with E-state index in [0.29, 0.717) is 0 Å². The SMILES string of the molecule is CCNCc1cccc(NC(=O)C2CCN(c3ccc4nncn4n3)CC2)c1. The van der Waals surface area contributed by atoms with Gasteiger partial charge >= 0.3 is 0 Å². The van der Waals surface area contributed by atoms with E-state index in [9.17, 15) is 4.79 Å². The molecule has 3 heterocycles. The van der Waals surface area contributed by atoms with Gasteiger partial charge in [-0.1, -0.05) is 19.1 Å². The Morgan fingerprint density at radius 2 is 2.07 bits per heavy atom. The van der Waals surface area contributed by atoms with Crippen molar-refractivity contribution in [3.63, 3.8) is 0 Å². The van der Waals surface area contributed by atoms with E-state index in [0.717, 1.165) is 56.2 Å². The molecule has 1 amide bonds. The molecule has 0 aliphatic carbocycles. The van der Waals surface area contributed by atoms with Gasteiger partial charge in [0.25, 0.3) is 0 Å². The van der Waals surface area contributed by atoms with E-state index in [2.05, 4.69) is 43.8 Å². The van der Waals surface area contributed by atoms with Gasteiger partial charge in [0, 0.05) is 31.2 Å². The second kappa shape index (κ2) is 8.35. The molecule has 1 saturated heterocycles. The van der Waals surface area contributed by atoms with Crippen molar-refractivity contribution >= 4 is 23.1 Å². The van der Waals surface area contributed by atoms with E-state index < -0.39 is 0 Å². The molecule has 1 aliphatic rings. The van der Waals surface area contributed by atoms with Crippen molar-refractivity contribution in [3.05, 3.63) is 48.3 Å². The molecule has 0 spiro atoms. The summed E-state index contributed by atoms with van der Waals surface area (Å²) in [7, 11) is 0. The summed E-state index contributed by atoms with van der Waals surface area (Å²) in [5, 5.41) is 18.8. The Morgan fingerprint density at radius 3 is 2.89 bits per heavy atom. The van der Waals surface area contributed by atoms with Crippen LogP contribution in [-0.2, 0) is 11.3 Å². The number of aromatic nitrogens is 4. The van der Waals surface area contributed by atoms with Gasteiger partial charge in [0.1, 0.15) is 12.1 Å². The van der Waals surface area contributed by atoms with Gasteiger partial charge in [-0.2, -0.15) is 4.52 Å². The van der Waals surface area contributed by atoms with Crippen molar-refractivity contribution in [2.75, 3.05) is 29.9 Å². The Balaban J connectivity index is 1.33. The molecule has 3 aromatic rings. The lowest BCUT2D eigenvalue weighted by Gasteiger charge is -2.32. The van der Waals surface area contributed by atoms with Crippen LogP contribution in [-0.4, -0.2) is 45.4 Å². The average molecular weight is 379 g/mol. The first-order valence-electron chi connectivity index (χ1n) is 9.75. The van der Waals surface area contributed by atoms with Gasteiger partial charge in [0.2, 0.25) is 5.91 Å². The fraction of sp³-hybridized carbons (Fsp3) is 0.400. The van der Waals surface area contributed by atoms with Crippen molar-refractivity contribution in [1.82, 2.24) is 25.1 Å². The van der Waals surface area contributed by atoms with Crippen LogP contribution >= 0.6 is 0 Å². The number of piperidine rings is 1. The second-order valence-corrected chi connectivity index (χ2v) is 7.06. The molecule has 0 radical (unpaired) electrons. The molecule has 2 aromatic heterocycles. The number of rotatable bonds is 6. The lowest BCUT2D eigenvalue weighted by molar-refractivity contribution is -0.120. The molecule has 1 aromatic carbocycles. The summed E-state index contributed by atoms with van der Waals surface area (Å²) >= 11 is 0. The van der Waals surface area contributed by atoms with Crippen molar-refractivity contribution in [3.8, 4) is 0 Å². The first-order valence-corrected chi connectivity index (χ1v) is 9.75. The Hall–Kier alpha value is -3.00. The largest absolute Gasteiger partial charge is 0.355 e. The third kappa shape index (κ3) is 4.12. The van der Waals surface area contributed by atoms with Crippen LogP contribution in [0.5, 0.6) is 0 Å². The van der Waals surface area contributed by atoms with E-state index in [-0.39, 0.29) is 11.8 Å². The molecule has 0 saturated carbocycles. The average Bonchev–Trinajstić information content (AvgIpc) is 3.20. The second-order valence-electron chi connectivity index (χ2n) is 7.06. The lowest BCUT2D eigenvalue weighted by atomic mass is 9.95. The van der Waals surface area contributed by atoms with Crippen LogP contribution in [0.25, 0.3) is 5.65 Å². The Bertz CT molecular complexity index is 946. The molecule has 4 rings (SSSR count). The number of benzene rings is 1. The van der Waals surface area contributed by atoms with E-state index in [1.807, 2.05) is 30.3 Å². The van der Waals surface area contributed by atoms with Crippen LogP contribution in [0.2, 0.25) is 0 Å². The molecule has 146 valence electrons. The summed E-state index contributed by atoms with van der Waals surface area (Å²) < 4.78 is 1.68. The minimum Gasteiger partial charge on any atom is -0.355 e. The number of hydrogen-bond acceptors (Lipinski definition) is 6. The molecule has 0 bridgehead atoms. The molecule has 8 heteroatoms. The van der Waals surface area contributed by atoms with Gasteiger partial charge < -0.3 is 15.5 Å². The van der Waals surface area contributed by atoms with Gasteiger partial charge in [-0.25, -0.2) is 0 Å². The fourth-order valence-electron chi connectivity index (χ4n) is 3.53. The third-order valence-corrected chi connectivity index (χ3v) is 5.11. The van der Waals surface area contributed by atoms with Gasteiger partial charge in [-0.15, -0.1) is 15.3 Å². The smallest absolute Gasteiger partial charge is 0.227 e. The van der Waals surface area contributed by atoms with Crippen LogP contribution in [0.3, 0.4) is 0 Å². The number of nitrogens with zero attached hydrogens (tertiary/aromatic N) is 5. The Kier molecular flexibility index (Phi) is 5.48. The predicted octanol–water partition coefficient (Wildman–Crippen LogP) is 2.09. The van der Waals surface area contributed by atoms with Gasteiger partial charge in [0.15, 0.2) is 5.65 Å². The van der Waals surface area contributed by atoms with Crippen LogP contribution in [0.1, 0.15) is 25.3 Å². The molecular formula is C20H25N7O. The minimum atomic E-state index is 0.0207. The van der Waals surface area contributed by atoms with E-state index in [4.69, 9.17) is 0 Å². The molecule has 0 atom stereocenters. The quantitative estimate of drug-likeness (QED) is 0.682. The van der Waals surface area contributed by atoms with Crippen molar-refractivity contribution < 1.29 is 4.79 Å². The number of amides is 1. The maximum absolute atomic E-state index is 12.7. The molecule has 8 nitrogen and oxygen atoms in total. The summed E-state index contributed by atoms with van der Waals surface area (Å²) in [6, 6.07) is 11.9. The van der Waals surface area contributed by atoms with E-state index in [1.54, 1.807) is 10.8 Å². The third-order valence-electron chi connectivity index (χ3n) is 5.11. The highest BCUT2D eigenvalue weighted by Gasteiger charge is 2.26. The topological polar surface area (TPSA) is 87.5 Å². The highest BCUT2D eigenvalue weighted by molar-refractivity contribution is 5.92. The molecule has 1 aliphatic heterocycles. The van der Waals surface area contributed by atoms with Crippen molar-refractivity contribution in [2.45, 2.75) is 26.3 Å². The minimum absolute atomic E-state index is 0.0207. The molecular weight excluding hydrogens is 354 g/mol. The summed E-state index contributed by atoms with van der Waals surface area (Å²) in [5.41, 5.74) is 2.77. The van der Waals surface area contributed by atoms with E-state index >= 15 is 0 Å². The van der Waals surface area contributed by atoms with E-state index in [1.165, 1.54) is 5.56 Å². The summed E-state index contributed by atoms with van der Waals surface area (Å²) in [6.45, 7) is 5.42. The number of carbonyl (C=O) groups is 1. The normalized spacial score (nSPS) is 15.1.